The van der Waals surface area contributed by atoms with Crippen LogP contribution in [-0.2, 0) is 4.79 Å². The number of methoxy groups -OCH3 is 2. The predicted octanol–water partition coefficient (Wildman–Crippen LogP) is 4.86. The zero-order valence-corrected chi connectivity index (χ0v) is 18.5. The Labute approximate surface area is 179 Å². The monoisotopic (exact) mass is 457 g/mol. The van der Waals surface area contributed by atoms with Crippen molar-refractivity contribution in [2.24, 2.45) is 0 Å². The second-order valence-electron chi connectivity index (χ2n) is 6.08. The molecule has 0 unspecified atom stereocenters. The second kappa shape index (κ2) is 10.5. The van der Waals surface area contributed by atoms with Crippen LogP contribution in [0.4, 0.5) is 11.4 Å². The lowest BCUT2D eigenvalue weighted by Crippen LogP contribution is -2.21. The standard InChI is InChI=1S/C22H24BrN3O3/c1-5-26(6-2)18-9-7-17(8-10-18)25-22(27)16(14-24)11-15-12-19(23)21(29-4)20(13-15)28-3/h7-13H,5-6H2,1-4H3,(H,25,27)/b16-11-. The maximum absolute atomic E-state index is 12.6. The summed E-state index contributed by atoms with van der Waals surface area (Å²) in [6.45, 7) is 6.00. The van der Waals surface area contributed by atoms with Crippen LogP contribution in [0.25, 0.3) is 6.08 Å². The van der Waals surface area contributed by atoms with Crippen molar-refractivity contribution in [1.82, 2.24) is 0 Å². The highest BCUT2D eigenvalue weighted by Crippen LogP contribution is 2.36. The molecule has 29 heavy (non-hydrogen) atoms. The third-order valence-corrected chi connectivity index (χ3v) is 4.97. The highest BCUT2D eigenvalue weighted by molar-refractivity contribution is 9.10. The summed E-state index contributed by atoms with van der Waals surface area (Å²) in [7, 11) is 3.06. The van der Waals surface area contributed by atoms with Gasteiger partial charge in [-0.2, -0.15) is 5.26 Å². The first-order chi connectivity index (χ1) is 14.0. The molecule has 0 heterocycles. The Morgan fingerprint density at radius 1 is 1.17 bits per heavy atom. The molecule has 1 N–H and O–H groups in total. The lowest BCUT2D eigenvalue weighted by molar-refractivity contribution is -0.112. The van der Waals surface area contributed by atoms with Crippen molar-refractivity contribution in [3.8, 4) is 17.6 Å². The Morgan fingerprint density at radius 3 is 2.34 bits per heavy atom. The van der Waals surface area contributed by atoms with Gasteiger partial charge in [0.15, 0.2) is 11.5 Å². The van der Waals surface area contributed by atoms with Crippen LogP contribution in [0.3, 0.4) is 0 Å². The Hall–Kier alpha value is -2.98. The summed E-state index contributed by atoms with van der Waals surface area (Å²) in [5.41, 5.74) is 2.33. The number of anilines is 2. The van der Waals surface area contributed by atoms with Gasteiger partial charge in [0.1, 0.15) is 11.6 Å². The van der Waals surface area contributed by atoms with E-state index in [1.165, 1.54) is 20.3 Å². The number of carbonyl (C=O) groups excluding carboxylic acids is 1. The molecule has 152 valence electrons. The summed E-state index contributed by atoms with van der Waals surface area (Å²) in [6, 6.07) is 13.0. The van der Waals surface area contributed by atoms with E-state index < -0.39 is 5.91 Å². The van der Waals surface area contributed by atoms with Crippen LogP contribution < -0.4 is 19.7 Å². The van der Waals surface area contributed by atoms with E-state index in [-0.39, 0.29) is 5.57 Å². The van der Waals surface area contributed by atoms with E-state index >= 15 is 0 Å². The molecular weight excluding hydrogens is 434 g/mol. The first kappa shape index (κ1) is 22.3. The molecular formula is C22H24BrN3O3. The van der Waals surface area contributed by atoms with Crippen LogP contribution in [0.2, 0.25) is 0 Å². The number of nitriles is 1. The number of nitrogens with zero attached hydrogens (tertiary/aromatic N) is 2. The molecule has 0 atom stereocenters. The summed E-state index contributed by atoms with van der Waals surface area (Å²) < 4.78 is 11.3. The lowest BCUT2D eigenvalue weighted by atomic mass is 10.1. The summed E-state index contributed by atoms with van der Waals surface area (Å²) in [5.74, 6) is 0.563. The van der Waals surface area contributed by atoms with Gasteiger partial charge in [-0.3, -0.25) is 4.79 Å². The number of hydrogen-bond donors (Lipinski definition) is 1. The second-order valence-corrected chi connectivity index (χ2v) is 6.94. The largest absolute Gasteiger partial charge is 0.493 e. The van der Waals surface area contributed by atoms with Crippen molar-refractivity contribution in [3.05, 3.63) is 52.0 Å². The summed E-state index contributed by atoms with van der Waals surface area (Å²) in [4.78, 5) is 14.8. The van der Waals surface area contributed by atoms with E-state index in [9.17, 15) is 10.1 Å². The minimum atomic E-state index is -0.478. The van der Waals surface area contributed by atoms with Crippen molar-refractivity contribution in [1.29, 1.82) is 5.26 Å². The molecule has 2 rings (SSSR count). The number of hydrogen-bond acceptors (Lipinski definition) is 5. The predicted molar refractivity (Wildman–Crippen MR) is 119 cm³/mol. The van der Waals surface area contributed by atoms with Gasteiger partial charge in [-0.25, -0.2) is 0 Å². The Bertz CT molecular complexity index is 930. The van der Waals surface area contributed by atoms with Crippen LogP contribution >= 0.6 is 15.9 Å². The topological polar surface area (TPSA) is 74.6 Å². The number of halogens is 1. The smallest absolute Gasteiger partial charge is 0.266 e. The van der Waals surface area contributed by atoms with Gasteiger partial charge in [0.2, 0.25) is 0 Å². The number of rotatable bonds is 8. The van der Waals surface area contributed by atoms with Crippen LogP contribution in [0.1, 0.15) is 19.4 Å². The molecule has 0 bridgehead atoms. The molecule has 6 nitrogen and oxygen atoms in total. The van der Waals surface area contributed by atoms with Crippen molar-refractivity contribution >= 4 is 39.3 Å². The van der Waals surface area contributed by atoms with E-state index in [1.54, 1.807) is 12.1 Å². The minimum absolute atomic E-state index is 0.0167. The molecule has 0 saturated heterocycles. The average Bonchev–Trinajstić information content (AvgIpc) is 2.73. The van der Waals surface area contributed by atoms with E-state index in [2.05, 4.69) is 40.0 Å². The first-order valence-corrected chi connectivity index (χ1v) is 9.96. The molecule has 2 aromatic carbocycles. The van der Waals surface area contributed by atoms with Crippen LogP contribution in [-0.4, -0.2) is 33.2 Å². The fraction of sp³-hybridized carbons (Fsp3) is 0.273. The molecule has 0 aliphatic rings. The van der Waals surface area contributed by atoms with Crippen molar-refractivity contribution in [3.63, 3.8) is 0 Å². The fourth-order valence-corrected chi connectivity index (χ4v) is 3.50. The van der Waals surface area contributed by atoms with Crippen molar-refractivity contribution < 1.29 is 14.3 Å². The molecule has 0 spiro atoms. The SMILES string of the molecule is CCN(CC)c1ccc(NC(=O)/C(C#N)=C\c2cc(Br)c(OC)c(OC)c2)cc1. The normalized spacial score (nSPS) is 10.8. The molecule has 0 fully saturated rings. The minimum Gasteiger partial charge on any atom is -0.493 e. The third kappa shape index (κ3) is 5.52. The summed E-state index contributed by atoms with van der Waals surface area (Å²) in [6.07, 6.45) is 1.51. The molecule has 0 saturated carbocycles. The lowest BCUT2D eigenvalue weighted by Gasteiger charge is -2.21. The van der Waals surface area contributed by atoms with Crippen molar-refractivity contribution in [2.45, 2.75) is 13.8 Å². The molecule has 0 aliphatic heterocycles. The van der Waals surface area contributed by atoms with Gasteiger partial charge < -0.3 is 19.7 Å². The molecule has 2 aromatic rings. The first-order valence-electron chi connectivity index (χ1n) is 9.17. The molecule has 0 radical (unpaired) electrons. The molecule has 1 amide bonds. The maximum Gasteiger partial charge on any atom is 0.266 e. The van der Waals surface area contributed by atoms with E-state index in [0.29, 0.717) is 27.2 Å². The van der Waals surface area contributed by atoms with Gasteiger partial charge in [-0.15, -0.1) is 0 Å². The van der Waals surface area contributed by atoms with Gasteiger partial charge >= 0.3 is 0 Å². The average molecular weight is 458 g/mol. The van der Waals surface area contributed by atoms with Crippen LogP contribution in [0.15, 0.2) is 46.4 Å². The summed E-state index contributed by atoms with van der Waals surface area (Å²) in [5, 5.41) is 12.2. The number of benzene rings is 2. The highest BCUT2D eigenvalue weighted by Gasteiger charge is 2.13. The number of carbonyl (C=O) groups is 1. The maximum atomic E-state index is 12.6. The summed E-state index contributed by atoms with van der Waals surface area (Å²) >= 11 is 3.41. The number of ether oxygens (including phenoxy) is 2. The Kier molecular flexibility index (Phi) is 8.10. The van der Waals surface area contributed by atoms with E-state index in [0.717, 1.165) is 18.8 Å². The zero-order chi connectivity index (χ0) is 21.4. The quantitative estimate of drug-likeness (QED) is 0.452. The van der Waals surface area contributed by atoms with Gasteiger partial charge in [0.05, 0.1) is 18.7 Å². The van der Waals surface area contributed by atoms with E-state index in [1.807, 2.05) is 30.3 Å². The fourth-order valence-electron chi connectivity index (χ4n) is 2.88. The van der Waals surface area contributed by atoms with Gasteiger partial charge in [0, 0.05) is 24.5 Å². The van der Waals surface area contributed by atoms with Gasteiger partial charge in [-0.1, -0.05) is 0 Å². The van der Waals surface area contributed by atoms with Gasteiger partial charge in [0.25, 0.3) is 5.91 Å². The van der Waals surface area contributed by atoms with Crippen LogP contribution in [0.5, 0.6) is 11.5 Å². The van der Waals surface area contributed by atoms with Gasteiger partial charge in [-0.05, 0) is 77.8 Å². The Balaban J connectivity index is 2.23. The number of nitrogens with one attached hydrogen (secondary N) is 1. The molecule has 0 aliphatic carbocycles. The third-order valence-electron chi connectivity index (χ3n) is 4.39. The molecule has 7 heteroatoms. The Morgan fingerprint density at radius 2 is 1.83 bits per heavy atom. The number of amides is 1. The van der Waals surface area contributed by atoms with E-state index in [4.69, 9.17) is 9.47 Å². The highest BCUT2D eigenvalue weighted by atomic mass is 79.9. The van der Waals surface area contributed by atoms with Crippen molar-refractivity contribution in [2.75, 3.05) is 37.5 Å². The molecule has 0 aromatic heterocycles. The zero-order valence-electron chi connectivity index (χ0n) is 17.0. The van der Waals surface area contributed by atoms with Crippen LogP contribution in [0, 0.1) is 11.3 Å².